The minimum absolute atomic E-state index is 0.201. The molecule has 94 valence electrons. The Morgan fingerprint density at radius 2 is 2.28 bits per heavy atom. The van der Waals surface area contributed by atoms with Crippen molar-refractivity contribution in [3.8, 4) is 0 Å². The SMILES string of the molecule is Nc1cccc2c(N3CCCC3CO)ccnc12. The van der Waals surface area contributed by atoms with Gasteiger partial charge in [-0.05, 0) is 25.0 Å². The van der Waals surface area contributed by atoms with Crippen LogP contribution in [-0.4, -0.2) is 29.3 Å². The molecule has 1 unspecified atom stereocenters. The summed E-state index contributed by atoms with van der Waals surface area (Å²) in [7, 11) is 0. The molecule has 3 N–H and O–H groups in total. The second-order valence-corrected chi connectivity index (χ2v) is 4.75. The third-order valence-corrected chi connectivity index (χ3v) is 3.68. The molecule has 0 bridgehead atoms. The Morgan fingerprint density at radius 3 is 3.11 bits per heavy atom. The van der Waals surface area contributed by atoms with Crippen molar-refractivity contribution in [3.63, 3.8) is 0 Å². The Hall–Kier alpha value is -1.81. The molecule has 0 saturated carbocycles. The van der Waals surface area contributed by atoms with Crippen LogP contribution in [0.25, 0.3) is 10.9 Å². The number of hydrogen-bond acceptors (Lipinski definition) is 4. The number of anilines is 2. The number of nitrogens with zero attached hydrogens (tertiary/aromatic N) is 2. The van der Waals surface area contributed by atoms with Crippen molar-refractivity contribution in [1.29, 1.82) is 0 Å². The third kappa shape index (κ3) is 1.69. The van der Waals surface area contributed by atoms with E-state index in [1.165, 1.54) is 0 Å². The molecule has 1 fully saturated rings. The predicted octanol–water partition coefficient (Wildman–Crippen LogP) is 1.78. The first-order valence-electron chi connectivity index (χ1n) is 6.32. The smallest absolute Gasteiger partial charge is 0.0951 e. The molecule has 4 nitrogen and oxygen atoms in total. The average Bonchev–Trinajstić information content (AvgIpc) is 2.87. The van der Waals surface area contributed by atoms with Crippen LogP contribution in [0.2, 0.25) is 0 Å². The number of hydrogen-bond donors (Lipinski definition) is 2. The summed E-state index contributed by atoms with van der Waals surface area (Å²) in [5.41, 5.74) is 8.64. The number of para-hydroxylation sites is 1. The van der Waals surface area contributed by atoms with Crippen LogP contribution in [0.4, 0.5) is 11.4 Å². The van der Waals surface area contributed by atoms with Crippen LogP contribution in [-0.2, 0) is 0 Å². The first kappa shape index (κ1) is 11.3. The summed E-state index contributed by atoms with van der Waals surface area (Å²) in [5, 5.41) is 10.5. The molecule has 4 heteroatoms. The van der Waals surface area contributed by atoms with E-state index in [0.717, 1.165) is 36.0 Å². The lowest BCUT2D eigenvalue weighted by Crippen LogP contribution is -2.32. The molecule has 1 atom stereocenters. The first-order chi connectivity index (χ1) is 8.81. The van der Waals surface area contributed by atoms with Crippen molar-refractivity contribution in [2.45, 2.75) is 18.9 Å². The molecule has 18 heavy (non-hydrogen) atoms. The van der Waals surface area contributed by atoms with E-state index in [0.29, 0.717) is 5.69 Å². The fourth-order valence-electron chi connectivity index (χ4n) is 2.78. The zero-order chi connectivity index (χ0) is 12.5. The molecule has 0 aliphatic carbocycles. The van der Waals surface area contributed by atoms with Crippen LogP contribution in [0.1, 0.15) is 12.8 Å². The number of aliphatic hydroxyl groups is 1. The van der Waals surface area contributed by atoms with Gasteiger partial charge in [-0.15, -0.1) is 0 Å². The van der Waals surface area contributed by atoms with Gasteiger partial charge in [0.15, 0.2) is 0 Å². The zero-order valence-corrected chi connectivity index (χ0v) is 10.2. The van der Waals surface area contributed by atoms with Gasteiger partial charge in [0.05, 0.1) is 23.9 Å². The molecular weight excluding hydrogens is 226 g/mol. The summed E-state index contributed by atoms with van der Waals surface area (Å²) in [5.74, 6) is 0. The molecule has 3 rings (SSSR count). The molecule has 0 spiro atoms. The number of fused-ring (bicyclic) bond motifs is 1. The van der Waals surface area contributed by atoms with E-state index in [2.05, 4.69) is 9.88 Å². The maximum atomic E-state index is 9.44. The largest absolute Gasteiger partial charge is 0.397 e. The summed E-state index contributed by atoms with van der Waals surface area (Å²) in [6.45, 7) is 1.19. The van der Waals surface area contributed by atoms with Crippen molar-refractivity contribution in [3.05, 3.63) is 30.5 Å². The van der Waals surface area contributed by atoms with E-state index in [-0.39, 0.29) is 12.6 Å². The van der Waals surface area contributed by atoms with Crippen LogP contribution in [0.3, 0.4) is 0 Å². The van der Waals surface area contributed by atoms with Gasteiger partial charge in [-0.2, -0.15) is 0 Å². The molecule has 1 aromatic carbocycles. The van der Waals surface area contributed by atoms with E-state index in [4.69, 9.17) is 5.73 Å². The molecule has 2 aromatic rings. The number of nitrogens with two attached hydrogens (primary N) is 1. The number of benzene rings is 1. The summed E-state index contributed by atoms with van der Waals surface area (Å²) >= 11 is 0. The molecule has 2 heterocycles. The van der Waals surface area contributed by atoms with E-state index in [1.54, 1.807) is 6.20 Å². The summed E-state index contributed by atoms with van der Waals surface area (Å²) in [4.78, 5) is 6.62. The highest BCUT2D eigenvalue weighted by molar-refractivity contribution is 5.98. The number of aliphatic hydroxyl groups excluding tert-OH is 1. The van der Waals surface area contributed by atoms with Crippen molar-refractivity contribution >= 4 is 22.3 Å². The highest BCUT2D eigenvalue weighted by Crippen LogP contribution is 2.32. The monoisotopic (exact) mass is 243 g/mol. The number of pyridine rings is 1. The quantitative estimate of drug-likeness (QED) is 0.789. The lowest BCUT2D eigenvalue weighted by atomic mass is 10.1. The molecule has 1 saturated heterocycles. The highest BCUT2D eigenvalue weighted by atomic mass is 16.3. The Kier molecular flexibility index (Phi) is 2.80. The van der Waals surface area contributed by atoms with Crippen LogP contribution in [0.5, 0.6) is 0 Å². The maximum absolute atomic E-state index is 9.44. The van der Waals surface area contributed by atoms with Gasteiger partial charge in [0.2, 0.25) is 0 Å². The zero-order valence-electron chi connectivity index (χ0n) is 10.2. The number of aromatic nitrogens is 1. The molecular formula is C14H17N3O. The van der Waals surface area contributed by atoms with Gasteiger partial charge in [-0.1, -0.05) is 12.1 Å². The Bertz CT molecular complexity index is 570. The van der Waals surface area contributed by atoms with Gasteiger partial charge in [0, 0.05) is 23.8 Å². The average molecular weight is 243 g/mol. The Labute approximate surface area is 106 Å². The third-order valence-electron chi connectivity index (χ3n) is 3.68. The molecule has 0 amide bonds. The second kappa shape index (κ2) is 4.46. The van der Waals surface area contributed by atoms with Crippen molar-refractivity contribution in [2.75, 3.05) is 23.8 Å². The summed E-state index contributed by atoms with van der Waals surface area (Å²) in [6, 6.07) is 8.09. The van der Waals surface area contributed by atoms with Crippen molar-refractivity contribution in [1.82, 2.24) is 4.98 Å². The van der Waals surface area contributed by atoms with Gasteiger partial charge >= 0.3 is 0 Å². The molecule has 1 aromatic heterocycles. The summed E-state index contributed by atoms with van der Waals surface area (Å²) in [6.07, 6.45) is 3.96. The fraction of sp³-hybridized carbons (Fsp3) is 0.357. The van der Waals surface area contributed by atoms with Gasteiger partial charge in [-0.3, -0.25) is 4.98 Å². The van der Waals surface area contributed by atoms with Crippen molar-refractivity contribution < 1.29 is 5.11 Å². The Morgan fingerprint density at radius 1 is 1.39 bits per heavy atom. The standard InChI is InChI=1S/C14H17N3O/c15-12-5-1-4-11-13(6-7-16-14(11)12)17-8-2-3-10(17)9-18/h1,4-7,10,18H,2-3,8-9,15H2. The van der Waals surface area contributed by atoms with Gasteiger partial charge in [-0.25, -0.2) is 0 Å². The van der Waals surface area contributed by atoms with Crippen LogP contribution >= 0.6 is 0 Å². The Balaban J connectivity index is 2.14. The normalized spacial score (nSPS) is 19.6. The minimum Gasteiger partial charge on any atom is -0.397 e. The topological polar surface area (TPSA) is 62.4 Å². The van der Waals surface area contributed by atoms with E-state index < -0.39 is 0 Å². The molecule has 1 aliphatic heterocycles. The lowest BCUT2D eigenvalue weighted by Gasteiger charge is -2.26. The minimum atomic E-state index is 0.201. The van der Waals surface area contributed by atoms with Crippen LogP contribution in [0.15, 0.2) is 30.5 Å². The molecule has 0 radical (unpaired) electrons. The fourth-order valence-corrected chi connectivity index (χ4v) is 2.78. The van der Waals surface area contributed by atoms with Gasteiger partial charge in [0.25, 0.3) is 0 Å². The number of nitrogen functional groups attached to an aromatic ring is 1. The van der Waals surface area contributed by atoms with Crippen molar-refractivity contribution in [2.24, 2.45) is 0 Å². The first-order valence-corrected chi connectivity index (χ1v) is 6.32. The number of rotatable bonds is 2. The van der Waals surface area contributed by atoms with Gasteiger partial charge < -0.3 is 15.7 Å². The highest BCUT2D eigenvalue weighted by Gasteiger charge is 2.25. The lowest BCUT2D eigenvalue weighted by molar-refractivity contribution is 0.266. The van der Waals surface area contributed by atoms with E-state index >= 15 is 0 Å². The predicted molar refractivity (Wildman–Crippen MR) is 73.6 cm³/mol. The van der Waals surface area contributed by atoms with E-state index in [1.807, 2.05) is 24.3 Å². The van der Waals surface area contributed by atoms with Gasteiger partial charge in [0.1, 0.15) is 0 Å². The van der Waals surface area contributed by atoms with E-state index in [9.17, 15) is 5.11 Å². The second-order valence-electron chi connectivity index (χ2n) is 4.75. The van der Waals surface area contributed by atoms with Crippen LogP contribution < -0.4 is 10.6 Å². The maximum Gasteiger partial charge on any atom is 0.0951 e. The summed E-state index contributed by atoms with van der Waals surface area (Å²) < 4.78 is 0. The van der Waals surface area contributed by atoms with Crippen LogP contribution in [0, 0.1) is 0 Å². The molecule has 1 aliphatic rings.